The van der Waals surface area contributed by atoms with Crippen molar-refractivity contribution in [1.29, 1.82) is 0 Å². The molecule has 148 valence electrons. The normalized spacial score (nSPS) is 12.3. The van der Waals surface area contributed by atoms with Crippen molar-refractivity contribution in [1.82, 2.24) is 15.4 Å². The number of hydrogen-bond donors (Lipinski definition) is 2. The molecule has 2 N–H and O–H groups in total. The van der Waals surface area contributed by atoms with Crippen LogP contribution in [-0.4, -0.2) is 26.5 Å². The average molecular weight is 395 g/mol. The lowest BCUT2D eigenvalue weighted by Crippen LogP contribution is -1.95. The maximum Gasteiger partial charge on any atom is 0.328 e. The van der Waals surface area contributed by atoms with E-state index in [-0.39, 0.29) is 0 Å². The highest BCUT2D eigenvalue weighted by Crippen LogP contribution is 2.35. The molecule has 0 bridgehead atoms. The molecule has 30 heavy (non-hydrogen) atoms. The van der Waals surface area contributed by atoms with E-state index in [4.69, 9.17) is 5.11 Å². The Bertz CT molecular complexity index is 1240. The van der Waals surface area contributed by atoms with Crippen LogP contribution in [0.5, 0.6) is 0 Å². The van der Waals surface area contributed by atoms with Gasteiger partial charge >= 0.3 is 5.97 Å². The topological polar surface area (TPSA) is 78.9 Å². The third-order valence-corrected chi connectivity index (χ3v) is 5.01. The van der Waals surface area contributed by atoms with Gasteiger partial charge in [0.15, 0.2) is 0 Å². The summed E-state index contributed by atoms with van der Waals surface area (Å²) in [6, 6.07) is 24.4. The third kappa shape index (κ3) is 4.05. The molecule has 5 heteroatoms. The quantitative estimate of drug-likeness (QED) is 0.337. The van der Waals surface area contributed by atoms with E-state index < -0.39 is 5.97 Å². The summed E-state index contributed by atoms with van der Waals surface area (Å²) < 4.78 is 0. The Hall–Kier alpha value is -3.99. The highest BCUT2D eigenvalue weighted by molar-refractivity contribution is 6.00. The molecule has 0 radical (unpaired) electrons. The second-order valence-corrected chi connectivity index (χ2v) is 6.91. The third-order valence-electron chi connectivity index (χ3n) is 5.01. The molecule has 0 fully saturated rings. The van der Waals surface area contributed by atoms with Gasteiger partial charge in [0.1, 0.15) is 5.52 Å². The lowest BCUT2D eigenvalue weighted by atomic mass is 9.88. The smallest absolute Gasteiger partial charge is 0.328 e. The number of nitrogens with one attached hydrogen (secondary N) is 1. The van der Waals surface area contributed by atoms with Crippen LogP contribution < -0.4 is 0 Å². The lowest BCUT2D eigenvalue weighted by molar-refractivity contribution is -0.131. The fourth-order valence-corrected chi connectivity index (χ4v) is 3.61. The Balaban J connectivity index is 1.89. The predicted molar refractivity (Wildman–Crippen MR) is 120 cm³/mol. The summed E-state index contributed by atoms with van der Waals surface area (Å²) in [6.45, 7) is 2.15. The number of hydrogen-bond acceptors (Lipinski definition) is 3. The minimum atomic E-state index is -0.960. The first kappa shape index (κ1) is 19.3. The summed E-state index contributed by atoms with van der Waals surface area (Å²) in [4.78, 5) is 10.8. The molecule has 0 aliphatic heterocycles. The van der Waals surface area contributed by atoms with Crippen LogP contribution in [0, 0.1) is 0 Å². The van der Waals surface area contributed by atoms with Crippen molar-refractivity contribution in [2.24, 2.45) is 0 Å². The summed E-state index contributed by atoms with van der Waals surface area (Å²) >= 11 is 0. The van der Waals surface area contributed by atoms with Gasteiger partial charge in [-0.25, -0.2) is 4.79 Å². The molecule has 0 aliphatic carbocycles. The highest BCUT2D eigenvalue weighted by atomic mass is 16.4. The monoisotopic (exact) mass is 395 g/mol. The largest absolute Gasteiger partial charge is 0.478 e. The first-order valence-electron chi connectivity index (χ1n) is 9.77. The number of allylic oxidation sites excluding steroid dienone is 1. The first-order chi connectivity index (χ1) is 14.7. The van der Waals surface area contributed by atoms with E-state index in [0.29, 0.717) is 0 Å². The molecule has 0 spiro atoms. The van der Waals surface area contributed by atoms with Gasteiger partial charge in [-0.2, -0.15) is 0 Å². The second kappa shape index (κ2) is 8.57. The molecule has 0 saturated heterocycles. The van der Waals surface area contributed by atoms with Gasteiger partial charge in [-0.15, -0.1) is 5.10 Å². The minimum absolute atomic E-state index is 0.814. The molecule has 5 nitrogen and oxygen atoms in total. The van der Waals surface area contributed by atoms with E-state index in [9.17, 15) is 4.79 Å². The molecule has 0 aliphatic rings. The molecule has 1 heterocycles. The van der Waals surface area contributed by atoms with Gasteiger partial charge in [0.25, 0.3) is 0 Å². The standard InChI is InChI=1S/C25H21N3O2/c1-2-21(18-6-4-3-5-7-18)25(20-13-14-22-23(16-20)27-28-26-22)19-11-8-17(9-12-19)10-15-24(29)30/h3-16H,2H2,1H3,(H,29,30)(H,26,27,28). The number of carboxylic acid groups (broad SMARTS) is 1. The Labute approximate surface area is 174 Å². The van der Waals surface area contributed by atoms with Gasteiger partial charge in [0, 0.05) is 6.08 Å². The molecule has 3 aromatic carbocycles. The number of H-pyrrole nitrogens is 1. The van der Waals surface area contributed by atoms with Crippen LogP contribution in [0.4, 0.5) is 0 Å². The summed E-state index contributed by atoms with van der Waals surface area (Å²) in [5.74, 6) is -0.960. The van der Waals surface area contributed by atoms with Gasteiger partial charge in [0.2, 0.25) is 0 Å². The minimum Gasteiger partial charge on any atom is -0.478 e. The summed E-state index contributed by atoms with van der Waals surface area (Å²) in [7, 11) is 0. The number of aromatic amines is 1. The van der Waals surface area contributed by atoms with Crippen LogP contribution in [0.15, 0.2) is 78.9 Å². The van der Waals surface area contributed by atoms with E-state index in [1.807, 2.05) is 54.6 Å². The molecular formula is C25H21N3O2. The number of aromatic nitrogens is 3. The molecule has 1 aromatic heterocycles. The first-order valence-corrected chi connectivity index (χ1v) is 9.77. The van der Waals surface area contributed by atoms with E-state index >= 15 is 0 Å². The number of aliphatic carboxylic acids is 1. The average Bonchev–Trinajstić information content (AvgIpc) is 3.25. The molecule has 0 atom stereocenters. The van der Waals surface area contributed by atoms with Gasteiger partial charge < -0.3 is 5.11 Å². The number of carboxylic acids is 1. The van der Waals surface area contributed by atoms with Crippen LogP contribution >= 0.6 is 0 Å². The highest BCUT2D eigenvalue weighted by Gasteiger charge is 2.14. The molecule has 0 unspecified atom stereocenters. The van der Waals surface area contributed by atoms with Crippen molar-refractivity contribution in [2.75, 3.05) is 0 Å². The van der Waals surface area contributed by atoms with Crippen LogP contribution in [-0.2, 0) is 4.79 Å². The zero-order chi connectivity index (χ0) is 20.9. The summed E-state index contributed by atoms with van der Waals surface area (Å²) in [6.07, 6.45) is 3.59. The van der Waals surface area contributed by atoms with Crippen LogP contribution in [0.3, 0.4) is 0 Å². The second-order valence-electron chi connectivity index (χ2n) is 6.91. The number of benzene rings is 3. The molecule has 4 aromatic rings. The van der Waals surface area contributed by atoms with E-state index in [2.05, 4.69) is 40.5 Å². The van der Waals surface area contributed by atoms with Crippen molar-refractivity contribution < 1.29 is 9.90 Å². The number of rotatable bonds is 6. The van der Waals surface area contributed by atoms with Crippen LogP contribution in [0.1, 0.15) is 35.6 Å². The fraction of sp³-hybridized carbons (Fsp3) is 0.0800. The van der Waals surface area contributed by atoms with Crippen molar-refractivity contribution >= 4 is 34.2 Å². The molecular weight excluding hydrogens is 374 g/mol. The van der Waals surface area contributed by atoms with E-state index in [1.165, 1.54) is 11.1 Å². The van der Waals surface area contributed by atoms with Crippen LogP contribution in [0.25, 0.3) is 28.3 Å². The Kier molecular flexibility index (Phi) is 5.52. The number of carbonyl (C=O) groups is 1. The van der Waals surface area contributed by atoms with E-state index in [1.54, 1.807) is 6.08 Å². The maximum atomic E-state index is 10.8. The molecule has 0 saturated carbocycles. The molecule has 0 amide bonds. The van der Waals surface area contributed by atoms with Crippen molar-refractivity contribution in [3.8, 4) is 0 Å². The van der Waals surface area contributed by atoms with Gasteiger partial charge in [-0.3, -0.25) is 5.10 Å². The van der Waals surface area contributed by atoms with E-state index in [0.717, 1.165) is 45.8 Å². The Morgan fingerprint density at radius 2 is 1.70 bits per heavy atom. The van der Waals surface area contributed by atoms with Crippen molar-refractivity contribution in [3.05, 3.63) is 101 Å². The van der Waals surface area contributed by atoms with Crippen molar-refractivity contribution in [3.63, 3.8) is 0 Å². The Morgan fingerprint density at radius 1 is 0.967 bits per heavy atom. The Morgan fingerprint density at radius 3 is 2.40 bits per heavy atom. The SMILES string of the molecule is CCC(=C(c1ccc(C=CC(=O)O)cc1)c1ccc2[nH]nnc2c1)c1ccccc1. The lowest BCUT2D eigenvalue weighted by Gasteiger charge is -2.16. The van der Waals surface area contributed by atoms with Crippen LogP contribution in [0.2, 0.25) is 0 Å². The van der Waals surface area contributed by atoms with Gasteiger partial charge in [-0.1, -0.05) is 72.8 Å². The maximum absolute atomic E-state index is 10.8. The van der Waals surface area contributed by atoms with Crippen molar-refractivity contribution in [2.45, 2.75) is 13.3 Å². The van der Waals surface area contributed by atoms with Gasteiger partial charge in [0.05, 0.1) is 5.52 Å². The molecule has 4 rings (SSSR count). The zero-order valence-electron chi connectivity index (χ0n) is 16.5. The summed E-state index contributed by atoms with van der Waals surface area (Å²) in [5, 5.41) is 19.8. The van der Waals surface area contributed by atoms with Gasteiger partial charge in [-0.05, 0) is 58.0 Å². The number of fused-ring (bicyclic) bond motifs is 1. The zero-order valence-corrected chi connectivity index (χ0v) is 16.5. The fourth-order valence-electron chi connectivity index (χ4n) is 3.61. The summed E-state index contributed by atoms with van der Waals surface area (Å²) in [5.41, 5.74) is 8.20. The number of nitrogens with zero attached hydrogens (tertiary/aromatic N) is 2. The predicted octanol–water partition coefficient (Wildman–Crippen LogP) is 5.42.